The Morgan fingerprint density at radius 3 is 2.88 bits per heavy atom. The Bertz CT molecular complexity index is 1190. The molecule has 1 atom stereocenters. The van der Waals surface area contributed by atoms with Gasteiger partial charge in [0.25, 0.3) is 11.5 Å². The van der Waals surface area contributed by atoms with Crippen molar-refractivity contribution in [1.29, 1.82) is 0 Å². The van der Waals surface area contributed by atoms with Gasteiger partial charge in [-0.1, -0.05) is 19.8 Å². The first-order valence-corrected chi connectivity index (χ1v) is 12.0. The van der Waals surface area contributed by atoms with Crippen LogP contribution in [0.25, 0.3) is 10.9 Å². The van der Waals surface area contributed by atoms with Gasteiger partial charge in [-0.25, -0.2) is 9.97 Å². The molecule has 0 N–H and O–H groups in total. The summed E-state index contributed by atoms with van der Waals surface area (Å²) in [5.41, 5.74) is 1.28. The van der Waals surface area contributed by atoms with E-state index in [1.165, 1.54) is 6.42 Å². The molecule has 7 heteroatoms. The van der Waals surface area contributed by atoms with E-state index in [2.05, 4.69) is 16.5 Å². The number of fused-ring (bicyclic) bond motifs is 2. The monoisotopic (exact) mass is 433 g/mol. The first-order chi connectivity index (χ1) is 15.7. The maximum Gasteiger partial charge on any atom is 0.261 e. The number of benzene rings is 1. The van der Waals surface area contributed by atoms with Crippen LogP contribution in [0, 0.1) is 0 Å². The van der Waals surface area contributed by atoms with Gasteiger partial charge in [-0.3, -0.25) is 14.2 Å². The highest BCUT2D eigenvalue weighted by Crippen LogP contribution is 2.25. The summed E-state index contributed by atoms with van der Waals surface area (Å²) in [7, 11) is 0. The maximum absolute atomic E-state index is 13.4. The van der Waals surface area contributed by atoms with Crippen molar-refractivity contribution in [3.8, 4) is 0 Å². The van der Waals surface area contributed by atoms with Crippen LogP contribution in [0.3, 0.4) is 0 Å². The Kier molecular flexibility index (Phi) is 5.81. The molecule has 0 spiro atoms. The number of amides is 1. The second-order valence-electron chi connectivity index (χ2n) is 9.03. The molecular weight excluding hydrogens is 402 g/mol. The van der Waals surface area contributed by atoms with Gasteiger partial charge in [-0.05, 0) is 43.9 Å². The molecule has 0 bridgehead atoms. The summed E-state index contributed by atoms with van der Waals surface area (Å²) in [5, 5.41) is 0.605. The van der Waals surface area contributed by atoms with E-state index in [1.807, 2.05) is 27.9 Å². The van der Waals surface area contributed by atoms with Gasteiger partial charge >= 0.3 is 0 Å². The molecule has 7 nitrogen and oxygen atoms in total. The highest BCUT2D eigenvalue weighted by molar-refractivity contribution is 5.97. The van der Waals surface area contributed by atoms with Gasteiger partial charge in [0.15, 0.2) is 0 Å². The Labute approximate surface area is 188 Å². The molecule has 4 heterocycles. The molecule has 0 radical (unpaired) electrons. The summed E-state index contributed by atoms with van der Waals surface area (Å²) in [4.78, 5) is 37.7. The van der Waals surface area contributed by atoms with Gasteiger partial charge in [-0.2, -0.15) is 0 Å². The van der Waals surface area contributed by atoms with Crippen molar-refractivity contribution in [3.63, 3.8) is 0 Å². The van der Waals surface area contributed by atoms with Crippen molar-refractivity contribution < 1.29 is 4.79 Å². The van der Waals surface area contributed by atoms with Crippen LogP contribution in [0.2, 0.25) is 0 Å². The molecule has 5 rings (SSSR count). The minimum Gasteiger partial charge on any atom is -0.337 e. The van der Waals surface area contributed by atoms with Gasteiger partial charge in [-0.15, -0.1) is 0 Å². The van der Waals surface area contributed by atoms with E-state index in [9.17, 15) is 9.59 Å². The highest BCUT2D eigenvalue weighted by Gasteiger charge is 2.27. The number of imidazole rings is 1. The zero-order chi connectivity index (χ0) is 22.1. The summed E-state index contributed by atoms with van der Waals surface area (Å²) in [6, 6.07) is 5.66. The second-order valence-corrected chi connectivity index (χ2v) is 9.03. The Morgan fingerprint density at radius 1 is 1.12 bits per heavy atom. The minimum absolute atomic E-state index is 0.0170. The lowest BCUT2D eigenvalue weighted by molar-refractivity contribution is 0.0678. The smallest absolute Gasteiger partial charge is 0.261 e. The first-order valence-electron chi connectivity index (χ1n) is 12.0. The van der Waals surface area contributed by atoms with E-state index in [0.29, 0.717) is 23.0 Å². The normalized spacial score (nSPS) is 19.4. The van der Waals surface area contributed by atoms with Crippen LogP contribution in [-0.4, -0.2) is 43.0 Å². The second kappa shape index (κ2) is 8.88. The van der Waals surface area contributed by atoms with E-state index in [4.69, 9.17) is 4.98 Å². The number of nitrogens with zero attached hydrogens (tertiary/aromatic N) is 5. The number of aromatic nitrogens is 4. The Balaban J connectivity index is 1.43. The van der Waals surface area contributed by atoms with E-state index >= 15 is 0 Å². The zero-order valence-corrected chi connectivity index (χ0v) is 18.8. The third-order valence-electron chi connectivity index (χ3n) is 6.96. The van der Waals surface area contributed by atoms with Crippen LogP contribution in [0.15, 0.2) is 35.4 Å². The number of rotatable bonds is 3. The SMILES string of the molecule is CCc1nccn1C1CCCN(C(=O)c2ccc3c(=O)n4c(nc3c2)CCCCCC4)C1. The van der Waals surface area contributed by atoms with Crippen molar-refractivity contribution in [1.82, 2.24) is 24.0 Å². The van der Waals surface area contributed by atoms with Crippen LogP contribution in [0.4, 0.5) is 0 Å². The lowest BCUT2D eigenvalue weighted by Crippen LogP contribution is -2.41. The molecule has 1 saturated heterocycles. The fourth-order valence-corrected chi connectivity index (χ4v) is 5.23. The number of likely N-dealkylation sites (tertiary alicyclic amines) is 1. The molecule has 2 aliphatic heterocycles. The summed E-state index contributed by atoms with van der Waals surface area (Å²) in [6.45, 7) is 4.28. The predicted octanol–water partition coefficient (Wildman–Crippen LogP) is 3.75. The molecule has 1 fully saturated rings. The summed E-state index contributed by atoms with van der Waals surface area (Å²) in [6.07, 6.45) is 12.0. The van der Waals surface area contributed by atoms with Crippen molar-refractivity contribution in [2.75, 3.05) is 13.1 Å². The van der Waals surface area contributed by atoms with Gasteiger partial charge in [0.1, 0.15) is 11.6 Å². The fourth-order valence-electron chi connectivity index (χ4n) is 5.23. The molecule has 1 unspecified atom stereocenters. The highest BCUT2D eigenvalue weighted by atomic mass is 16.2. The van der Waals surface area contributed by atoms with E-state index in [-0.39, 0.29) is 17.5 Å². The number of carbonyl (C=O) groups excluding carboxylic acids is 1. The van der Waals surface area contributed by atoms with Gasteiger partial charge < -0.3 is 9.47 Å². The van der Waals surface area contributed by atoms with Crippen molar-refractivity contribution in [2.45, 2.75) is 70.9 Å². The van der Waals surface area contributed by atoms with Crippen LogP contribution < -0.4 is 5.56 Å². The first kappa shape index (κ1) is 20.9. The van der Waals surface area contributed by atoms with Gasteiger partial charge in [0.2, 0.25) is 0 Å². The Hall–Kier alpha value is -2.96. The molecule has 3 aromatic rings. The molecule has 0 aliphatic carbocycles. The maximum atomic E-state index is 13.4. The quantitative estimate of drug-likeness (QED) is 0.631. The van der Waals surface area contributed by atoms with Gasteiger partial charge in [0.05, 0.1) is 16.9 Å². The van der Waals surface area contributed by atoms with E-state index in [0.717, 1.165) is 69.7 Å². The predicted molar refractivity (Wildman–Crippen MR) is 124 cm³/mol. The zero-order valence-electron chi connectivity index (χ0n) is 18.8. The average molecular weight is 434 g/mol. The van der Waals surface area contributed by atoms with E-state index < -0.39 is 0 Å². The molecule has 2 aromatic heterocycles. The molecule has 1 amide bonds. The van der Waals surface area contributed by atoms with Crippen LogP contribution in [-0.2, 0) is 19.4 Å². The number of hydrogen-bond donors (Lipinski definition) is 0. The van der Waals surface area contributed by atoms with Crippen LogP contribution in [0.1, 0.15) is 73.5 Å². The lowest BCUT2D eigenvalue weighted by atomic mass is 10.0. The summed E-state index contributed by atoms with van der Waals surface area (Å²) >= 11 is 0. The standard InChI is InChI=1S/C25H31N5O2/c1-2-22-26-12-15-29(22)19-8-7-13-28(17-19)24(31)18-10-11-20-21(16-18)27-23-9-5-3-4-6-14-30(23)25(20)32/h10-12,15-16,19H,2-9,13-14,17H2,1H3. The summed E-state index contributed by atoms with van der Waals surface area (Å²) < 4.78 is 4.06. The molecule has 1 aromatic carbocycles. The molecule has 2 aliphatic rings. The van der Waals surface area contributed by atoms with Crippen molar-refractivity contribution >= 4 is 16.8 Å². The van der Waals surface area contributed by atoms with E-state index in [1.54, 1.807) is 12.1 Å². The fraction of sp³-hybridized carbons (Fsp3) is 0.520. The molecule has 168 valence electrons. The molecular formula is C25H31N5O2. The number of hydrogen-bond acceptors (Lipinski definition) is 4. The van der Waals surface area contributed by atoms with Crippen molar-refractivity contribution in [3.05, 3.63) is 58.2 Å². The third-order valence-corrected chi connectivity index (χ3v) is 6.96. The van der Waals surface area contributed by atoms with Crippen LogP contribution >= 0.6 is 0 Å². The Morgan fingerprint density at radius 2 is 2.00 bits per heavy atom. The number of aryl methyl sites for hydroxylation is 2. The average Bonchev–Trinajstić information content (AvgIpc) is 3.29. The number of piperidine rings is 1. The largest absolute Gasteiger partial charge is 0.337 e. The number of carbonyl (C=O) groups is 1. The summed E-state index contributed by atoms with van der Waals surface area (Å²) in [5.74, 6) is 1.94. The van der Waals surface area contributed by atoms with Gasteiger partial charge in [0, 0.05) is 50.4 Å². The minimum atomic E-state index is 0.0170. The third kappa shape index (κ3) is 3.85. The lowest BCUT2D eigenvalue weighted by Gasteiger charge is -2.34. The van der Waals surface area contributed by atoms with Crippen LogP contribution in [0.5, 0.6) is 0 Å². The molecule has 32 heavy (non-hydrogen) atoms. The molecule has 0 saturated carbocycles. The topological polar surface area (TPSA) is 73.0 Å². The van der Waals surface area contributed by atoms with Crippen molar-refractivity contribution in [2.24, 2.45) is 0 Å².